The fourth-order valence-electron chi connectivity index (χ4n) is 1.13. The number of rotatable bonds is 4. The van der Waals surface area contributed by atoms with E-state index in [0.717, 1.165) is 18.1 Å². The first-order valence-electron chi connectivity index (χ1n) is 4.35. The van der Waals surface area contributed by atoms with Crippen LogP contribution in [0, 0.1) is 0 Å². The summed E-state index contributed by atoms with van der Waals surface area (Å²) in [6.45, 7) is 2.77. The first-order chi connectivity index (χ1) is 6.86. The molecule has 2 N–H and O–H groups in total. The fraction of sp³-hybridized carbons (Fsp3) is 0.375. The van der Waals surface area contributed by atoms with E-state index in [2.05, 4.69) is 31.8 Å². The topological polar surface area (TPSA) is 66.5 Å². The molecular formula is C8H11N5S. The van der Waals surface area contributed by atoms with E-state index in [1.807, 2.05) is 11.6 Å². The number of aromatic nitrogens is 4. The lowest BCUT2D eigenvalue weighted by Gasteiger charge is -2.09. The molecule has 0 fully saturated rings. The van der Waals surface area contributed by atoms with Crippen molar-refractivity contribution < 1.29 is 0 Å². The monoisotopic (exact) mass is 209 g/mol. The lowest BCUT2D eigenvalue weighted by molar-refractivity contribution is 0.544. The second-order valence-electron chi connectivity index (χ2n) is 2.97. The van der Waals surface area contributed by atoms with Gasteiger partial charge in [0.1, 0.15) is 5.82 Å². The molecule has 1 atom stereocenters. The molecule has 0 aliphatic heterocycles. The van der Waals surface area contributed by atoms with Crippen LogP contribution in [-0.4, -0.2) is 19.6 Å². The third-order valence-electron chi connectivity index (χ3n) is 1.92. The summed E-state index contributed by atoms with van der Waals surface area (Å²) in [6, 6.07) is 0.201. The van der Waals surface area contributed by atoms with E-state index in [9.17, 15) is 0 Å². The molecule has 0 aliphatic rings. The largest absolute Gasteiger partial charge is 0.347 e. The molecule has 2 aromatic rings. The van der Waals surface area contributed by atoms with Crippen LogP contribution in [0.15, 0.2) is 17.8 Å². The van der Waals surface area contributed by atoms with Crippen molar-refractivity contribution in [3.05, 3.63) is 29.3 Å². The minimum atomic E-state index is 0.201. The zero-order chi connectivity index (χ0) is 9.80. The van der Waals surface area contributed by atoms with Crippen molar-refractivity contribution in [1.29, 1.82) is 0 Å². The third kappa shape index (κ3) is 2.15. The summed E-state index contributed by atoms with van der Waals surface area (Å²) in [5, 5.41) is 9.18. The van der Waals surface area contributed by atoms with Gasteiger partial charge in [-0.2, -0.15) is 0 Å². The Labute approximate surface area is 85.8 Å². The maximum absolute atomic E-state index is 4.16. The minimum absolute atomic E-state index is 0.201. The predicted octanol–water partition coefficient (Wildman–Crippen LogP) is 1.11. The molecule has 0 saturated carbocycles. The number of nitrogens with zero attached hydrogens (tertiary/aromatic N) is 3. The van der Waals surface area contributed by atoms with Crippen LogP contribution >= 0.6 is 11.5 Å². The van der Waals surface area contributed by atoms with Gasteiger partial charge < -0.3 is 10.3 Å². The number of hydrogen-bond acceptors (Lipinski definition) is 5. The van der Waals surface area contributed by atoms with Gasteiger partial charge in [0, 0.05) is 24.3 Å². The molecule has 2 aromatic heterocycles. The van der Waals surface area contributed by atoms with Crippen LogP contribution in [0.4, 0.5) is 0 Å². The average molecular weight is 209 g/mol. The Morgan fingerprint density at radius 3 is 3.21 bits per heavy atom. The zero-order valence-corrected chi connectivity index (χ0v) is 8.58. The molecule has 0 amide bonds. The lowest BCUT2D eigenvalue weighted by Crippen LogP contribution is -2.19. The fourth-order valence-corrected chi connectivity index (χ4v) is 1.58. The minimum Gasteiger partial charge on any atom is -0.347 e. The van der Waals surface area contributed by atoms with E-state index in [1.165, 1.54) is 11.5 Å². The highest BCUT2D eigenvalue weighted by Crippen LogP contribution is 2.06. The average Bonchev–Trinajstić information content (AvgIpc) is 2.87. The molecule has 5 nitrogen and oxygen atoms in total. The highest BCUT2D eigenvalue weighted by molar-refractivity contribution is 7.03. The maximum atomic E-state index is 4.16. The van der Waals surface area contributed by atoms with Crippen LogP contribution in [0.5, 0.6) is 0 Å². The molecule has 0 bridgehead atoms. The number of nitrogens with one attached hydrogen (secondary N) is 2. The molecule has 2 rings (SSSR count). The van der Waals surface area contributed by atoms with Crippen molar-refractivity contribution in [1.82, 2.24) is 24.9 Å². The summed E-state index contributed by atoms with van der Waals surface area (Å²) in [6.07, 6.45) is 3.57. The van der Waals surface area contributed by atoms with Crippen LogP contribution in [0.2, 0.25) is 0 Å². The van der Waals surface area contributed by atoms with E-state index in [1.54, 1.807) is 6.20 Å². The van der Waals surface area contributed by atoms with Gasteiger partial charge in [-0.05, 0) is 18.5 Å². The molecule has 0 radical (unpaired) electrons. The Bertz CT molecular complexity index is 355. The molecule has 0 saturated heterocycles. The van der Waals surface area contributed by atoms with Crippen molar-refractivity contribution in [2.75, 3.05) is 0 Å². The summed E-state index contributed by atoms with van der Waals surface area (Å²) in [4.78, 5) is 7.22. The Kier molecular flexibility index (Phi) is 2.85. The first-order valence-corrected chi connectivity index (χ1v) is 5.18. The summed E-state index contributed by atoms with van der Waals surface area (Å²) < 4.78 is 3.79. The van der Waals surface area contributed by atoms with E-state index in [4.69, 9.17) is 0 Å². The van der Waals surface area contributed by atoms with Crippen LogP contribution in [-0.2, 0) is 6.54 Å². The van der Waals surface area contributed by atoms with Gasteiger partial charge in [-0.3, -0.25) is 0 Å². The molecule has 1 unspecified atom stereocenters. The molecule has 2 heterocycles. The van der Waals surface area contributed by atoms with E-state index < -0.39 is 0 Å². The van der Waals surface area contributed by atoms with Gasteiger partial charge in [0.25, 0.3) is 0 Å². The molecule has 6 heteroatoms. The van der Waals surface area contributed by atoms with Crippen molar-refractivity contribution in [2.24, 2.45) is 0 Å². The maximum Gasteiger partial charge on any atom is 0.122 e. The standard InChI is InChI=1S/C8H11N5S/c1-6(8-9-2-3-10-8)11-4-7-5-14-13-12-7/h2-3,5-6,11H,4H2,1H3,(H,9,10). The van der Waals surface area contributed by atoms with Crippen molar-refractivity contribution in [3.8, 4) is 0 Å². The SMILES string of the molecule is CC(NCc1csnn1)c1ncc[nH]1. The highest BCUT2D eigenvalue weighted by atomic mass is 32.1. The van der Waals surface area contributed by atoms with Gasteiger partial charge in [-0.1, -0.05) is 4.49 Å². The Morgan fingerprint density at radius 1 is 1.64 bits per heavy atom. The van der Waals surface area contributed by atoms with Crippen LogP contribution in [0.3, 0.4) is 0 Å². The Hall–Kier alpha value is -1.27. The number of imidazole rings is 1. The van der Waals surface area contributed by atoms with Crippen LogP contribution < -0.4 is 5.32 Å². The molecule has 74 valence electrons. The van der Waals surface area contributed by atoms with E-state index in [0.29, 0.717) is 0 Å². The van der Waals surface area contributed by atoms with E-state index in [-0.39, 0.29) is 6.04 Å². The third-order valence-corrected chi connectivity index (χ3v) is 2.48. The second-order valence-corrected chi connectivity index (χ2v) is 3.58. The molecule has 0 aromatic carbocycles. The number of H-pyrrole nitrogens is 1. The van der Waals surface area contributed by atoms with Gasteiger partial charge in [0.05, 0.1) is 11.7 Å². The summed E-state index contributed by atoms with van der Waals surface area (Å²) in [5.74, 6) is 0.938. The van der Waals surface area contributed by atoms with Crippen LogP contribution in [0.1, 0.15) is 24.5 Å². The zero-order valence-electron chi connectivity index (χ0n) is 7.77. The van der Waals surface area contributed by atoms with Gasteiger partial charge >= 0.3 is 0 Å². The van der Waals surface area contributed by atoms with Gasteiger partial charge in [-0.25, -0.2) is 4.98 Å². The van der Waals surface area contributed by atoms with Crippen LogP contribution in [0.25, 0.3) is 0 Å². The Morgan fingerprint density at radius 2 is 2.57 bits per heavy atom. The summed E-state index contributed by atoms with van der Waals surface area (Å²) in [7, 11) is 0. The van der Waals surface area contributed by atoms with Crippen molar-refractivity contribution in [2.45, 2.75) is 19.5 Å². The molecule has 0 spiro atoms. The predicted molar refractivity (Wildman–Crippen MR) is 53.8 cm³/mol. The Balaban J connectivity index is 1.87. The molecule has 14 heavy (non-hydrogen) atoms. The van der Waals surface area contributed by atoms with Crippen molar-refractivity contribution in [3.63, 3.8) is 0 Å². The van der Waals surface area contributed by atoms with Gasteiger partial charge in [-0.15, -0.1) is 5.10 Å². The van der Waals surface area contributed by atoms with Crippen molar-refractivity contribution >= 4 is 11.5 Å². The first kappa shape index (κ1) is 9.29. The highest BCUT2D eigenvalue weighted by Gasteiger charge is 2.06. The van der Waals surface area contributed by atoms with Gasteiger partial charge in [0.15, 0.2) is 0 Å². The van der Waals surface area contributed by atoms with E-state index >= 15 is 0 Å². The summed E-state index contributed by atoms with van der Waals surface area (Å²) in [5.41, 5.74) is 0.966. The second kappa shape index (κ2) is 4.30. The quantitative estimate of drug-likeness (QED) is 0.791. The smallest absolute Gasteiger partial charge is 0.122 e. The summed E-state index contributed by atoms with van der Waals surface area (Å²) >= 11 is 1.36. The normalized spacial score (nSPS) is 12.9. The van der Waals surface area contributed by atoms with Gasteiger partial charge in [0.2, 0.25) is 0 Å². The number of aromatic amines is 1. The number of hydrogen-bond donors (Lipinski definition) is 2. The lowest BCUT2D eigenvalue weighted by atomic mass is 10.3. The molecular weight excluding hydrogens is 198 g/mol. The molecule has 0 aliphatic carbocycles.